The lowest BCUT2D eigenvalue weighted by Gasteiger charge is -2.31. The normalized spacial score (nSPS) is 27.6. The Morgan fingerprint density at radius 2 is 2.18 bits per heavy atom. The fourth-order valence-electron chi connectivity index (χ4n) is 2.25. The van der Waals surface area contributed by atoms with Gasteiger partial charge in [-0.1, -0.05) is 5.16 Å². The highest BCUT2D eigenvalue weighted by Gasteiger charge is 2.36. The molecule has 2 aliphatic rings. The van der Waals surface area contributed by atoms with Crippen LogP contribution in [0.25, 0.3) is 0 Å². The molecule has 3 rings (SSSR count). The summed E-state index contributed by atoms with van der Waals surface area (Å²) in [6.07, 6.45) is 3.20. The van der Waals surface area contributed by atoms with E-state index in [4.69, 9.17) is 4.52 Å². The third kappa shape index (κ3) is 1.95. The van der Waals surface area contributed by atoms with E-state index in [-0.39, 0.29) is 18.1 Å². The maximum absolute atomic E-state index is 12.1. The number of carbonyl (C=O) groups is 1. The minimum atomic E-state index is -0.258. The van der Waals surface area contributed by atoms with Crippen molar-refractivity contribution >= 4 is 5.91 Å². The first-order valence-electron chi connectivity index (χ1n) is 6.10. The molecule has 0 bridgehead atoms. The Kier molecular flexibility index (Phi) is 2.43. The van der Waals surface area contributed by atoms with E-state index >= 15 is 0 Å². The van der Waals surface area contributed by atoms with Gasteiger partial charge in [0.15, 0.2) is 5.76 Å². The predicted molar refractivity (Wildman–Crippen MR) is 59.7 cm³/mol. The number of hydrogen-bond donors (Lipinski definition) is 2. The molecule has 0 saturated heterocycles. The zero-order valence-electron chi connectivity index (χ0n) is 9.77. The molecule has 17 heavy (non-hydrogen) atoms. The van der Waals surface area contributed by atoms with Crippen molar-refractivity contribution in [3.05, 3.63) is 17.0 Å². The quantitative estimate of drug-likeness (QED) is 0.824. The van der Waals surface area contributed by atoms with Crippen LogP contribution in [-0.2, 0) is 0 Å². The van der Waals surface area contributed by atoms with Crippen molar-refractivity contribution in [3.8, 4) is 0 Å². The molecule has 1 aromatic heterocycles. The van der Waals surface area contributed by atoms with Gasteiger partial charge in [0.1, 0.15) is 5.56 Å². The number of nitrogens with zero attached hydrogens (tertiary/aromatic N) is 1. The number of nitrogens with one attached hydrogen (secondary N) is 1. The van der Waals surface area contributed by atoms with Gasteiger partial charge in [-0.15, -0.1) is 0 Å². The maximum Gasteiger partial charge on any atom is 0.257 e. The van der Waals surface area contributed by atoms with Crippen LogP contribution in [0.3, 0.4) is 0 Å². The zero-order valence-corrected chi connectivity index (χ0v) is 9.77. The summed E-state index contributed by atoms with van der Waals surface area (Å²) in [5, 5.41) is 16.0. The van der Waals surface area contributed by atoms with Gasteiger partial charge >= 0.3 is 0 Å². The molecule has 2 saturated carbocycles. The largest absolute Gasteiger partial charge is 0.393 e. The number of carbonyl (C=O) groups excluding carboxylic acids is 1. The maximum atomic E-state index is 12.1. The lowest BCUT2D eigenvalue weighted by atomic mass is 9.89. The second-order valence-electron chi connectivity index (χ2n) is 5.08. The highest BCUT2D eigenvalue weighted by molar-refractivity contribution is 5.96. The molecule has 2 N–H and O–H groups in total. The molecule has 0 spiro atoms. The molecule has 1 aromatic rings. The van der Waals surface area contributed by atoms with E-state index in [1.165, 1.54) is 0 Å². The SMILES string of the molecule is Cc1noc(C2CC2)c1C(=O)NC1CC(O)C1. The van der Waals surface area contributed by atoms with Gasteiger partial charge < -0.3 is 14.9 Å². The molecule has 0 aromatic carbocycles. The molecule has 2 fully saturated rings. The van der Waals surface area contributed by atoms with Crippen molar-refractivity contribution < 1.29 is 14.4 Å². The number of aromatic nitrogens is 1. The number of aliphatic hydroxyl groups excluding tert-OH is 1. The molecule has 0 atom stereocenters. The van der Waals surface area contributed by atoms with Gasteiger partial charge in [-0.25, -0.2) is 0 Å². The van der Waals surface area contributed by atoms with Crippen LogP contribution in [0.15, 0.2) is 4.52 Å². The average molecular weight is 236 g/mol. The van der Waals surface area contributed by atoms with Gasteiger partial charge in [-0.3, -0.25) is 4.79 Å². The summed E-state index contributed by atoms with van der Waals surface area (Å²) >= 11 is 0. The van der Waals surface area contributed by atoms with Gasteiger partial charge in [0, 0.05) is 12.0 Å². The van der Waals surface area contributed by atoms with Crippen molar-refractivity contribution in [1.82, 2.24) is 10.5 Å². The van der Waals surface area contributed by atoms with Gasteiger partial charge in [-0.2, -0.15) is 0 Å². The minimum absolute atomic E-state index is 0.0962. The van der Waals surface area contributed by atoms with Gasteiger partial charge in [-0.05, 0) is 32.6 Å². The van der Waals surface area contributed by atoms with Crippen molar-refractivity contribution in [1.29, 1.82) is 0 Å². The third-order valence-electron chi connectivity index (χ3n) is 3.51. The third-order valence-corrected chi connectivity index (χ3v) is 3.51. The predicted octanol–water partition coefficient (Wildman–Crippen LogP) is 1.11. The van der Waals surface area contributed by atoms with Crippen molar-refractivity contribution in [3.63, 3.8) is 0 Å². The van der Waals surface area contributed by atoms with E-state index in [0.29, 0.717) is 30.0 Å². The van der Waals surface area contributed by atoms with Crippen molar-refractivity contribution in [2.75, 3.05) is 0 Å². The van der Waals surface area contributed by atoms with Crippen LogP contribution in [0, 0.1) is 6.92 Å². The van der Waals surface area contributed by atoms with E-state index in [1.807, 2.05) is 0 Å². The van der Waals surface area contributed by atoms with E-state index in [2.05, 4.69) is 10.5 Å². The Bertz CT molecular complexity index is 445. The second-order valence-corrected chi connectivity index (χ2v) is 5.08. The van der Waals surface area contributed by atoms with Gasteiger partial charge in [0.25, 0.3) is 5.91 Å². The summed E-state index contributed by atoms with van der Waals surface area (Å²) in [4.78, 5) is 12.1. The number of hydrogen-bond acceptors (Lipinski definition) is 4. The number of aryl methyl sites for hydroxylation is 1. The van der Waals surface area contributed by atoms with E-state index in [0.717, 1.165) is 18.6 Å². The van der Waals surface area contributed by atoms with E-state index in [1.54, 1.807) is 6.92 Å². The standard InChI is InChI=1S/C12H16N2O3/c1-6-10(11(17-14-6)7-2-3-7)12(16)13-8-4-9(15)5-8/h7-9,15H,2-5H2,1H3,(H,13,16). The highest BCUT2D eigenvalue weighted by atomic mass is 16.5. The summed E-state index contributed by atoms with van der Waals surface area (Å²) in [6, 6.07) is 0.0962. The summed E-state index contributed by atoms with van der Waals surface area (Å²) in [5.41, 5.74) is 1.26. The number of aliphatic hydroxyl groups is 1. The van der Waals surface area contributed by atoms with Crippen molar-refractivity contribution in [2.24, 2.45) is 0 Å². The number of rotatable bonds is 3. The van der Waals surface area contributed by atoms with Crippen LogP contribution < -0.4 is 5.32 Å². The summed E-state index contributed by atoms with van der Waals surface area (Å²) in [5.74, 6) is 1.01. The van der Waals surface area contributed by atoms with Gasteiger partial charge in [0.2, 0.25) is 0 Å². The summed E-state index contributed by atoms with van der Waals surface area (Å²) < 4.78 is 5.23. The Hall–Kier alpha value is -1.36. The zero-order chi connectivity index (χ0) is 12.0. The first-order chi connectivity index (χ1) is 8.15. The molecule has 5 nitrogen and oxygen atoms in total. The molecule has 1 amide bonds. The van der Waals surface area contributed by atoms with Gasteiger partial charge in [0.05, 0.1) is 11.8 Å². The molecule has 0 radical (unpaired) electrons. The molecular weight excluding hydrogens is 220 g/mol. The fourth-order valence-corrected chi connectivity index (χ4v) is 2.25. The average Bonchev–Trinajstić information content (AvgIpc) is 3.00. The fraction of sp³-hybridized carbons (Fsp3) is 0.667. The summed E-state index contributed by atoms with van der Waals surface area (Å²) in [6.45, 7) is 1.79. The first kappa shape index (κ1) is 10.8. The smallest absolute Gasteiger partial charge is 0.257 e. The van der Waals surface area contributed by atoms with Crippen LogP contribution in [-0.4, -0.2) is 28.3 Å². The topological polar surface area (TPSA) is 75.4 Å². The molecule has 2 aliphatic carbocycles. The Morgan fingerprint density at radius 1 is 1.47 bits per heavy atom. The van der Waals surface area contributed by atoms with E-state index < -0.39 is 0 Å². The van der Waals surface area contributed by atoms with Crippen molar-refractivity contribution in [2.45, 2.75) is 50.7 Å². The molecule has 1 heterocycles. The Morgan fingerprint density at radius 3 is 2.76 bits per heavy atom. The lowest BCUT2D eigenvalue weighted by Crippen LogP contribution is -2.46. The Balaban J connectivity index is 1.73. The second kappa shape index (κ2) is 3.84. The van der Waals surface area contributed by atoms with E-state index in [9.17, 15) is 9.90 Å². The minimum Gasteiger partial charge on any atom is -0.393 e. The van der Waals surface area contributed by atoms with Crippen LogP contribution in [0.5, 0.6) is 0 Å². The van der Waals surface area contributed by atoms with Crippen LogP contribution in [0.1, 0.15) is 53.4 Å². The van der Waals surface area contributed by atoms with Crippen LogP contribution >= 0.6 is 0 Å². The first-order valence-corrected chi connectivity index (χ1v) is 6.10. The van der Waals surface area contributed by atoms with Crippen LogP contribution in [0.4, 0.5) is 0 Å². The number of amides is 1. The molecule has 92 valence electrons. The highest BCUT2D eigenvalue weighted by Crippen LogP contribution is 2.42. The molecule has 5 heteroatoms. The van der Waals surface area contributed by atoms with Crippen LogP contribution in [0.2, 0.25) is 0 Å². The summed E-state index contributed by atoms with van der Waals surface area (Å²) in [7, 11) is 0. The molecule has 0 aliphatic heterocycles. The Labute approximate surface area is 99.2 Å². The molecule has 0 unspecified atom stereocenters. The monoisotopic (exact) mass is 236 g/mol. The lowest BCUT2D eigenvalue weighted by molar-refractivity contribution is 0.0562. The molecular formula is C12H16N2O3.